The summed E-state index contributed by atoms with van der Waals surface area (Å²) in [4.78, 5) is 11.8. The monoisotopic (exact) mass is 382 g/mol. The highest BCUT2D eigenvalue weighted by atomic mass is 19.4. The molecule has 146 valence electrons. The van der Waals surface area contributed by atoms with Gasteiger partial charge in [0.25, 0.3) is 0 Å². The number of phenolic OH excluding ortho intramolecular Hbond substituents is 1. The molecule has 1 aliphatic heterocycles. The number of halogens is 3. The lowest BCUT2D eigenvalue weighted by Crippen LogP contribution is -2.46. The normalized spacial score (nSPS) is 15.8. The SMILES string of the molecule is COc1ccc(CN2CCN(c3nc(C)cc(C(F)(F)F)n3)CC2)cc1O. The van der Waals surface area contributed by atoms with Gasteiger partial charge in [-0.3, -0.25) is 4.90 Å². The summed E-state index contributed by atoms with van der Waals surface area (Å²) in [6.45, 7) is 4.54. The van der Waals surface area contributed by atoms with Gasteiger partial charge < -0.3 is 14.7 Å². The van der Waals surface area contributed by atoms with Gasteiger partial charge in [-0.2, -0.15) is 13.2 Å². The number of phenols is 1. The molecule has 1 aliphatic rings. The van der Waals surface area contributed by atoms with Gasteiger partial charge in [-0.05, 0) is 30.7 Å². The summed E-state index contributed by atoms with van der Waals surface area (Å²) in [6, 6.07) is 6.20. The van der Waals surface area contributed by atoms with Crippen molar-refractivity contribution in [2.45, 2.75) is 19.6 Å². The van der Waals surface area contributed by atoms with E-state index in [0.717, 1.165) is 11.6 Å². The smallest absolute Gasteiger partial charge is 0.433 e. The van der Waals surface area contributed by atoms with Crippen molar-refractivity contribution in [2.24, 2.45) is 0 Å². The highest BCUT2D eigenvalue weighted by Crippen LogP contribution is 2.30. The van der Waals surface area contributed by atoms with Gasteiger partial charge in [0.1, 0.15) is 5.69 Å². The molecule has 1 saturated heterocycles. The third kappa shape index (κ3) is 4.60. The van der Waals surface area contributed by atoms with Crippen molar-refractivity contribution in [3.8, 4) is 11.5 Å². The number of rotatable bonds is 4. The van der Waals surface area contributed by atoms with E-state index in [4.69, 9.17) is 4.74 Å². The molecule has 0 spiro atoms. The van der Waals surface area contributed by atoms with E-state index in [9.17, 15) is 18.3 Å². The minimum Gasteiger partial charge on any atom is -0.504 e. The molecule has 1 fully saturated rings. The van der Waals surface area contributed by atoms with Crippen LogP contribution in [0.4, 0.5) is 19.1 Å². The maximum atomic E-state index is 13.0. The van der Waals surface area contributed by atoms with E-state index >= 15 is 0 Å². The number of ether oxygens (including phenoxy) is 1. The maximum Gasteiger partial charge on any atom is 0.433 e. The first-order valence-electron chi connectivity index (χ1n) is 8.52. The molecular weight excluding hydrogens is 361 g/mol. The molecule has 27 heavy (non-hydrogen) atoms. The van der Waals surface area contributed by atoms with E-state index < -0.39 is 11.9 Å². The number of hydrogen-bond donors (Lipinski definition) is 1. The van der Waals surface area contributed by atoms with Crippen LogP contribution in [0.3, 0.4) is 0 Å². The topological polar surface area (TPSA) is 61.7 Å². The maximum absolute atomic E-state index is 13.0. The minimum atomic E-state index is -4.49. The Morgan fingerprint density at radius 3 is 2.41 bits per heavy atom. The number of nitrogens with zero attached hydrogens (tertiary/aromatic N) is 4. The van der Waals surface area contributed by atoms with Gasteiger partial charge in [0.15, 0.2) is 11.5 Å². The molecule has 3 rings (SSSR count). The van der Waals surface area contributed by atoms with Gasteiger partial charge >= 0.3 is 6.18 Å². The van der Waals surface area contributed by atoms with E-state index in [1.165, 1.54) is 14.0 Å². The highest BCUT2D eigenvalue weighted by Gasteiger charge is 2.34. The number of aromatic hydroxyl groups is 1. The zero-order valence-electron chi connectivity index (χ0n) is 15.1. The third-order valence-corrected chi connectivity index (χ3v) is 4.44. The summed E-state index contributed by atoms with van der Waals surface area (Å²) in [6.07, 6.45) is -4.49. The molecule has 9 heteroatoms. The molecular formula is C18H21F3N4O2. The Morgan fingerprint density at radius 2 is 1.81 bits per heavy atom. The number of aromatic nitrogens is 2. The minimum absolute atomic E-state index is 0.0847. The van der Waals surface area contributed by atoms with E-state index in [-0.39, 0.29) is 11.7 Å². The Balaban J connectivity index is 1.64. The molecule has 0 radical (unpaired) electrons. The van der Waals surface area contributed by atoms with Crippen LogP contribution in [0.15, 0.2) is 24.3 Å². The second-order valence-corrected chi connectivity index (χ2v) is 6.46. The van der Waals surface area contributed by atoms with Crippen LogP contribution in [0, 0.1) is 6.92 Å². The Bertz CT molecular complexity index is 806. The first-order chi connectivity index (χ1) is 12.8. The summed E-state index contributed by atoms with van der Waals surface area (Å²) in [5.41, 5.74) is 0.317. The Labute approximate surface area is 155 Å². The van der Waals surface area contributed by atoms with Gasteiger partial charge in [-0.25, -0.2) is 9.97 Å². The first-order valence-corrected chi connectivity index (χ1v) is 8.52. The number of methoxy groups -OCH3 is 1. The molecule has 2 heterocycles. The Hall–Kier alpha value is -2.55. The van der Waals surface area contributed by atoms with E-state index in [1.807, 2.05) is 6.07 Å². The Morgan fingerprint density at radius 1 is 1.11 bits per heavy atom. The number of alkyl halides is 3. The predicted octanol–water partition coefficient (Wildman–Crippen LogP) is 2.84. The summed E-state index contributed by atoms with van der Waals surface area (Å²) >= 11 is 0. The van der Waals surface area contributed by atoms with Gasteiger partial charge in [0.05, 0.1) is 7.11 Å². The molecule has 1 aromatic heterocycles. The largest absolute Gasteiger partial charge is 0.504 e. The van der Waals surface area contributed by atoms with Crippen molar-refractivity contribution in [1.82, 2.24) is 14.9 Å². The van der Waals surface area contributed by atoms with E-state index in [2.05, 4.69) is 14.9 Å². The van der Waals surface area contributed by atoms with Crippen LogP contribution in [-0.4, -0.2) is 53.3 Å². The molecule has 0 amide bonds. The molecule has 2 aromatic rings. The van der Waals surface area contributed by atoms with Crippen molar-refractivity contribution >= 4 is 5.95 Å². The second-order valence-electron chi connectivity index (χ2n) is 6.46. The lowest BCUT2D eigenvalue weighted by molar-refractivity contribution is -0.141. The fourth-order valence-electron chi connectivity index (χ4n) is 3.04. The standard InChI is InChI=1S/C18H21F3N4O2/c1-12-9-16(18(19,20)21)23-17(22-12)25-7-5-24(6-8-25)11-13-3-4-15(27-2)14(26)10-13/h3-4,9-10,26H,5-8,11H2,1-2H3. The average Bonchev–Trinajstić information content (AvgIpc) is 2.61. The number of piperazine rings is 1. The van der Waals surface area contributed by atoms with Crippen LogP contribution in [0.25, 0.3) is 0 Å². The Kier molecular flexibility index (Phi) is 5.41. The van der Waals surface area contributed by atoms with Crippen molar-refractivity contribution in [3.05, 3.63) is 41.2 Å². The summed E-state index contributed by atoms with van der Waals surface area (Å²) in [5.74, 6) is 0.617. The zero-order chi connectivity index (χ0) is 19.6. The average molecular weight is 382 g/mol. The van der Waals surface area contributed by atoms with Crippen LogP contribution >= 0.6 is 0 Å². The predicted molar refractivity (Wildman–Crippen MR) is 93.9 cm³/mol. The molecule has 1 aromatic carbocycles. The van der Waals surface area contributed by atoms with Crippen LogP contribution < -0.4 is 9.64 Å². The number of benzene rings is 1. The number of anilines is 1. The first kappa shape index (κ1) is 19.2. The molecule has 1 N–H and O–H groups in total. The fourth-order valence-corrected chi connectivity index (χ4v) is 3.04. The zero-order valence-corrected chi connectivity index (χ0v) is 15.1. The fraction of sp³-hybridized carbons (Fsp3) is 0.444. The van der Waals surface area contributed by atoms with E-state index in [1.54, 1.807) is 17.0 Å². The summed E-state index contributed by atoms with van der Waals surface area (Å²) in [5, 5.41) is 9.87. The molecule has 0 aliphatic carbocycles. The van der Waals surface area contributed by atoms with Crippen LogP contribution in [0.1, 0.15) is 17.0 Å². The number of aryl methyl sites for hydroxylation is 1. The van der Waals surface area contributed by atoms with Crippen molar-refractivity contribution in [2.75, 3.05) is 38.2 Å². The highest BCUT2D eigenvalue weighted by molar-refractivity contribution is 5.41. The lowest BCUT2D eigenvalue weighted by atomic mass is 10.1. The summed E-state index contributed by atoms with van der Waals surface area (Å²) < 4.78 is 43.9. The van der Waals surface area contributed by atoms with Gasteiger partial charge in [-0.1, -0.05) is 6.07 Å². The van der Waals surface area contributed by atoms with Crippen LogP contribution in [-0.2, 0) is 12.7 Å². The quantitative estimate of drug-likeness (QED) is 0.878. The van der Waals surface area contributed by atoms with E-state index in [0.29, 0.717) is 44.2 Å². The molecule has 6 nitrogen and oxygen atoms in total. The van der Waals surface area contributed by atoms with Crippen LogP contribution in [0.2, 0.25) is 0 Å². The molecule has 0 atom stereocenters. The van der Waals surface area contributed by atoms with Crippen molar-refractivity contribution in [3.63, 3.8) is 0 Å². The molecule has 0 unspecified atom stereocenters. The van der Waals surface area contributed by atoms with Gasteiger partial charge in [0, 0.05) is 38.4 Å². The van der Waals surface area contributed by atoms with Crippen molar-refractivity contribution in [1.29, 1.82) is 0 Å². The third-order valence-electron chi connectivity index (χ3n) is 4.44. The van der Waals surface area contributed by atoms with Crippen molar-refractivity contribution < 1.29 is 23.0 Å². The van der Waals surface area contributed by atoms with Gasteiger partial charge in [-0.15, -0.1) is 0 Å². The molecule has 0 saturated carbocycles. The summed E-state index contributed by atoms with van der Waals surface area (Å²) in [7, 11) is 1.49. The number of hydrogen-bond acceptors (Lipinski definition) is 6. The molecule has 0 bridgehead atoms. The lowest BCUT2D eigenvalue weighted by Gasteiger charge is -2.35. The second kappa shape index (κ2) is 7.59. The van der Waals surface area contributed by atoms with Gasteiger partial charge in [0.2, 0.25) is 5.95 Å². The van der Waals surface area contributed by atoms with Crippen LogP contribution in [0.5, 0.6) is 11.5 Å².